The Morgan fingerprint density at radius 2 is 1.80 bits per heavy atom. The Labute approximate surface area is 237 Å². The van der Waals surface area contributed by atoms with Gasteiger partial charge in [0, 0.05) is 23.9 Å². The fraction of sp³-hybridized carbons (Fsp3) is 0.267. The molecule has 5 rings (SSSR count). The minimum absolute atomic E-state index is 0.0256. The number of nitrogens with zero attached hydrogens (tertiary/aromatic N) is 1. The fourth-order valence-corrected chi connectivity index (χ4v) is 5.58. The molecule has 1 aliphatic carbocycles. The summed E-state index contributed by atoms with van der Waals surface area (Å²) in [5.74, 6) is -4.67. The van der Waals surface area contributed by atoms with Gasteiger partial charge in [0.1, 0.15) is 5.75 Å². The van der Waals surface area contributed by atoms with Crippen LogP contribution >= 0.6 is 11.6 Å². The maximum Gasteiger partial charge on any atom is 0.422 e. The smallest absolute Gasteiger partial charge is 0.422 e. The summed E-state index contributed by atoms with van der Waals surface area (Å²) in [6.45, 7) is 2.64. The first-order valence-electron chi connectivity index (χ1n) is 12.5. The van der Waals surface area contributed by atoms with Crippen molar-refractivity contribution in [2.24, 2.45) is 7.05 Å². The second-order valence-electron chi connectivity index (χ2n) is 10.5. The van der Waals surface area contributed by atoms with E-state index >= 15 is 13.2 Å². The molecule has 1 aromatic heterocycles. The molecule has 3 aromatic carbocycles. The van der Waals surface area contributed by atoms with Gasteiger partial charge in [0.15, 0.2) is 16.8 Å². The Morgan fingerprint density at radius 3 is 2.46 bits per heavy atom. The summed E-state index contributed by atoms with van der Waals surface area (Å²) in [6, 6.07) is 14.1. The second-order valence-corrected chi connectivity index (χ2v) is 10.9. The van der Waals surface area contributed by atoms with Crippen molar-refractivity contribution in [1.82, 2.24) is 4.57 Å². The van der Waals surface area contributed by atoms with E-state index in [0.717, 1.165) is 16.7 Å². The molecule has 0 radical (unpaired) electrons. The first-order chi connectivity index (χ1) is 19.1. The average Bonchev–Trinajstić information content (AvgIpc) is 3.44. The van der Waals surface area contributed by atoms with Gasteiger partial charge in [0.25, 0.3) is 0 Å². The summed E-state index contributed by atoms with van der Waals surface area (Å²) in [5, 5.41) is 21.2. The molecule has 3 unspecified atom stereocenters. The first kappa shape index (κ1) is 28.5. The van der Waals surface area contributed by atoms with E-state index in [1.165, 1.54) is 45.2 Å². The second kappa shape index (κ2) is 9.81. The van der Waals surface area contributed by atoms with Crippen molar-refractivity contribution in [3.8, 4) is 5.75 Å². The van der Waals surface area contributed by atoms with E-state index in [-0.39, 0.29) is 27.4 Å². The zero-order valence-electron chi connectivity index (χ0n) is 22.1. The van der Waals surface area contributed by atoms with Gasteiger partial charge in [-0.05, 0) is 60.4 Å². The number of ether oxygens (including phenoxy) is 1. The highest BCUT2D eigenvalue weighted by atomic mass is 35.5. The van der Waals surface area contributed by atoms with E-state index < -0.39 is 46.5 Å². The number of hydrogen-bond acceptors (Lipinski definition) is 5. The normalized spacial score (nSPS) is 17.3. The summed E-state index contributed by atoms with van der Waals surface area (Å²) in [7, 11) is 1.35. The summed E-state index contributed by atoms with van der Waals surface area (Å²) in [5.41, 5.74) is -4.32. The molecule has 7 nitrogen and oxygen atoms in total. The van der Waals surface area contributed by atoms with Gasteiger partial charge in [0.2, 0.25) is 0 Å². The maximum atomic E-state index is 15.3. The van der Waals surface area contributed by atoms with Crippen LogP contribution in [-0.4, -0.2) is 32.5 Å². The molecule has 1 heterocycles. The van der Waals surface area contributed by atoms with Crippen LogP contribution in [0, 0.1) is 0 Å². The predicted molar refractivity (Wildman–Crippen MR) is 146 cm³/mol. The Hall–Kier alpha value is -4.02. The van der Waals surface area contributed by atoms with Gasteiger partial charge in [0.05, 0.1) is 5.52 Å². The molecule has 2 N–H and O–H groups in total. The van der Waals surface area contributed by atoms with Crippen molar-refractivity contribution in [2.75, 3.05) is 0 Å². The third-order valence-electron chi connectivity index (χ3n) is 7.51. The largest absolute Gasteiger partial charge is 0.478 e. The van der Waals surface area contributed by atoms with Crippen molar-refractivity contribution in [1.29, 1.82) is 0 Å². The predicted octanol–water partition coefficient (Wildman–Crippen LogP) is 6.37. The number of aryl methyl sites for hydroxylation is 1. The molecular weight excluding hydrogens is 563 g/mol. The van der Waals surface area contributed by atoms with Crippen LogP contribution in [0.15, 0.2) is 76.0 Å². The SMILES string of the molecule is Cn1c(=O)oc2ccc(C(O)(C(c3ccc(OC(C)(C)C(=O)O)cc3Cl)C3C=Cc4ccccc43)C(F)(F)F)cc21. The quantitative estimate of drug-likeness (QED) is 0.260. The number of carbonyl (C=O) groups is 1. The Kier molecular flexibility index (Phi) is 6.82. The standard InChI is InChI=1S/C30H25ClF3NO6/c1-28(2,26(36)37)41-18-10-12-21(22(31)15-18)25(20-11-8-16-6-4-5-7-19(16)20)29(39,30(32,33)34)17-9-13-24-23(14-17)35(3)27(38)40-24/h4-15,20,25,39H,1-3H3,(H,36,37). The van der Waals surface area contributed by atoms with E-state index in [4.69, 9.17) is 20.8 Å². The monoisotopic (exact) mass is 587 g/mol. The van der Waals surface area contributed by atoms with Crippen LogP contribution in [0.4, 0.5) is 13.2 Å². The molecule has 41 heavy (non-hydrogen) atoms. The van der Waals surface area contributed by atoms with E-state index in [1.807, 2.05) is 0 Å². The zero-order chi connectivity index (χ0) is 29.9. The lowest BCUT2D eigenvalue weighted by Crippen LogP contribution is -2.49. The molecular formula is C30H25ClF3NO6. The number of rotatable bonds is 7. The van der Waals surface area contributed by atoms with Gasteiger partial charge in [-0.3, -0.25) is 4.57 Å². The molecule has 4 aromatic rings. The van der Waals surface area contributed by atoms with E-state index in [1.54, 1.807) is 36.4 Å². The molecule has 0 amide bonds. The molecule has 0 saturated carbocycles. The number of allylic oxidation sites excluding steroid dienone is 1. The van der Waals surface area contributed by atoms with Crippen LogP contribution in [0.1, 0.15) is 47.9 Å². The van der Waals surface area contributed by atoms with Crippen LogP contribution in [0.25, 0.3) is 17.2 Å². The molecule has 0 aliphatic heterocycles. The third kappa shape index (κ3) is 4.70. The van der Waals surface area contributed by atoms with Gasteiger partial charge in [-0.1, -0.05) is 60.2 Å². The van der Waals surface area contributed by atoms with Gasteiger partial charge < -0.3 is 19.4 Å². The van der Waals surface area contributed by atoms with Crippen molar-refractivity contribution < 1.29 is 37.3 Å². The highest BCUT2D eigenvalue weighted by Crippen LogP contribution is 2.57. The van der Waals surface area contributed by atoms with Gasteiger partial charge >= 0.3 is 17.9 Å². The number of alkyl halides is 3. The Morgan fingerprint density at radius 1 is 1.10 bits per heavy atom. The lowest BCUT2D eigenvalue weighted by molar-refractivity contribution is -0.277. The molecule has 1 aliphatic rings. The molecule has 0 spiro atoms. The number of fused-ring (bicyclic) bond motifs is 2. The number of aliphatic carboxylic acids is 1. The number of halogens is 4. The maximum absolute atomic E-state index is 15.3. The highest BCUT2D eigenvalue weighted by molar-refractivity contribution is 6.31. The number of benzene rings is 3. The van der Waals surface area contributed by atoms with Crippen molar-refractivity contribution in [2.45, 2.75) is 43.1 Å². The zero-order valence-corrected chi connectivity index (χ0v) is 22.8. The average molecular weight is 588 g/mol. The number of carboxylic acid groups (broad SMARTS) is 1. The minimum Gasteiger partial charge on any atom is -0.478 e. The third-order valence-corrected chi connectivity index (χ3v) is 7.83. The van der Waals surface area contributed by atoms with Crippen LogP contribution in [0.2, 0.25) is 5.02 Å². The number of aliphatic hydroxyl groups is 1. The molecule has 3 atom stereocenters. The van der Waals surface area contributed by atoms with Crippen LogP contribution in [0.3, 0.4) is 0 Å². The lowest BCUT2D eigenvalue weighted by Gasteiger charge is -2.41. The van der Waals surface area contributed by atoms with Gasteiger partial charge in [-0.25, -0.2) is 9.59 Å². The number of aromatic nitrogens is 1. The van der Waals surface area contributed by atoms with Crippen LogP contribution in [0.5, 0.6) is 5.75 Å². The van der Waals surface area contributed by atoms with E-state index in [9.17, 15) is 19.8 Å². The molecule has 0 fully saturated rings. The highest BCUT2D eigenvalue weighted by Gasteiger charge is 2.62. The Balaban J connectivity index is 1.75. The first-order valence-corrected chi connectivity index (χ1v) is 12.9. The minimum atomic E-state index is -5.22. The van der Waals surface area contributed by atoms with Crippen molar-refractivity contribution in [3.05, 3.63) is 105 Å². The number of carboxylic acids is 1. The molecule has 11 heteroatoms. The fourth-order valence-electron chi connectivity index (χ4n) is 5.29. The van der Waals surface area contributed by atoms with E-state index in [0.29, 0.717) is 11.1 Å². The molecule has 0 bridgehead atoms. The Bertz CT molecular complexity index is 1760. The summed E-state index contributed by atoms with van der Waals surface area (Å²) < 4.78 is 57.5. The van der Waals surface area contributed by atoms with Gasteiger partial charge in [-0.15, -0.1) is 0 Å². The van der Waals surface area contributed by atoms with Gasteiger partial charge in [-0.2, -0.15) is 13.2 Å². The summed E-state index contributed by atoms with van der Waals surface area (Å²) >= 11 is 6.61. The number of oxazole rings is 1. The van der Waals surface area contributed by atoms with E-state index in [2.05, 4.69) is 0 Å². The summed E-state index contributed by atoms with van der Waals surface area (Å²) in [4.78, 5) is 23.6. The topological polar surface area (TPSA) is 102 Å². The van der Waals surface area contributed by atoms with Crippen LogP contribution in [-0.2, 0) is 17.4 Å². The van der Waals surface area contributed by atoms with Crippen LogP contribution < -0.4 is 10.5 Å². The molecule has 0 saturated heterocycles. The van der Waals surface area contributed by atoms with Crippen molar-refractivity contribution in [3.63, 3.8) is 0 Å². The molecule has 214 valence electrons. The lowest BCUT2D eigenvalue weighted by atomic mass is 9.68. The van der Waals surface area contributed by atoms with Crippen molar-refractivity contribution >= 4 is 34.7 Å². The number of hydrogen-bond donors (Lipinski definition) is 2. The summed E-state index contributed by atoms with van der Waals surface area (Å²) in [6.07, 6.45) is -1.94.